The molecule has 13 aromatic rings. The smallest absolute Gasteiger partial charge is 0.164 e. The van der Waals surface area contributed by atoms with E-state index in [0.29, 0.717) is 17.5 Å². The van der Waals surface area contributed by atoms with Crippen molar-refractivity contribution in [3.8, 4) is 39.9 Å². The number of rotatable bonds is 4. The minimum absolute atomic E-state index is 0.592. The number of hydrogen-bond donors (Lipinski definition) is 0. The van der Waals surface area contributed by atoms with E-state index in [4.69, 9.17) is 19.4 Å². The van der Waals surface area contributed by atoms with Crippen molar-refractivity contribution in [1.82, 2.24) is 19.5 Å². The predicted molar refractivity (Wildman–Crippen MR) is 248 cm³/mol. The monoisotopic (exact) mass is 764 g/mol. The van der Waals surface area contributed by atoms with Gasteiger partial charge in [-0.15, -0.1) is 0 Å². The lowest BCUT2D eigenvalue weighted by molar-refractivity contribution is 0.669. The molecule has 0 aliphatic rings. The molecule has 0 aliphatic heterocycles. The summed E-state index contributed by atoms with van der Waals surface area (Å²) in [4.78, 5) is 15.5. The summed E-state index contributed by atoms with van der Waals surface area (Å²) >= 11 is 0. The van der Waals surface area contributed by atoms with Crippen LogP contribution in [-0.4, -0.2) is 19.5 Å². The van der Waals surface area contributed by atoms with Gasteiger partial charge in [0.05, 0.1) is 16.7 Å². The second-order valence-corrected chi connectivity index (χ2v) is 15.6. The summed E-state index contributed by atoms with van der Waals surface area (Å²) in [6.45, 7) is 0. The van der Waals surface area contributed by atoms with Gasteiger partial charge >= 0.3 is 0 Å². The molecule has 5 nitrogen and oxygen atoms in total. The summed E-state index contributed by atoms with van der Waals surface area (Å²) < 4.78 is 9.14. The standard InChI is InChI=1S/C55H32N4O/c1-2-13-34(14-3-1)53-56-54(40-25-24-33-12-4-5-15-35(33)28-40)58-55(57-53)43-21-11-23-49-52(43)51-42-20-10-22-46(41(42)26-27-50(51)60-49)59-47-31-38-18-8-6-16-36(38)29-44(47)45-30-37-17-7-9-19-39(37)32-48(45)59/h1-32H. The average molecular weight is 765 g/mol. The van der Waals surface area contributed by atoms with Crippen LogP contribution in [0.5, 0.6) is 0 Å². The van der Waals surface area contributed by atoms with Crippen molar-refractivity contribution in [3.63, 3.8) is 0 Å². The van der Waals surface area contributed by atoms with Crippen molar-refractivity contribution in [1.29, 1.82) is 0 Å². The number of fused-ring (bicyclic) bond motifs is 11. The molecular weight excluding hydrogens is 733 g/mol. The van der Waals surface area contributed by atoms with E-state index in [9.17, 15) is 0 Å². The van der Waals surface area contributed by atoms with Crippen LogP contribution < -0.4 is 0 Å². The van der Waals surface area contributed by atoms with Crippen LogP contribution in [0.4, 0.5) is 0 Å². The number of nitrogens with zero attached hydrogens (tertiary/aromatic N) is 4. The highest BCUT2D eigenvalue weighted by Crippen LogP contribution is 2.43. The van der Waals surface area contributed by atoms with Gasteiger partial charge in [0.2, 0.25) is 0 Å². The van der Waals surface area contributed by atoms with Gasteiger partial charge in [-0.1, -0.05) is 140 Å². The fraction of sp³-hybridized carbons (Fsp3) is 0. The molecule has 0 amide bonds. The minimum Gasteiger partial charge on any atom is -0.456 e. The third kappa shape index (κ3) is 4.96. The van der Waals surface area contributed by atoms with Gasteiger partial charge < -0.3 is 8.98 Å². The van der Waals surface area contributed by atoms with E-state index in [1.54, 1.807) is 0 Å². The molecule has 278 valence electrons. The van der Waals surface area contributed by atoms with Crippen LogP contribution in [0, 0.1) is 0 Å². The highest BCUT2D eigenvalue weighted by Gasteiger charge is 2.22. The van der Waals surface area contributed by atoms with Gasteiger partial charge in [0, 0.05) is 43.6 Å². The molecular formula is C55H32N4O. The molecule has 0 fully saturated rings. The molecule has 10 aromatic carbocycles. The van der Waals surface area contributed by atoms with Crippen LogP contribution >= 0.6 is 0 Å². The Bertz CT molecular complexity index is 3810. The number of furan rings is 1. The van der Waals surface area contributed by atoms with E-state index in [0.717, 1.165) is 60.5 Å². The quantitative estimate of drug-likeness (QED) is 0.179. The molecule has 0 aliphatic carbocycles. The van der Waals surface area contributed by atoms with Gasteiger partial charge in [0.1, 0.15) is 11.2 Å². The van der Waals surface area contributed by atoms with Gasteiger partial charge in [-0.3, -0.25) is 0 Å². The van der Waals surface area contributed by atoms with Gasteiger partial charge in [-0.05, 0) is 92.3 Å². The first-order valence-electron chi connectivity index (χ1n) is 20.3. The minimum atomic E-state index is 0.592. The normalized spacial score (nSPS) is 12.0. The summed E-state index contributed by atoms with van der Waals surface area (Å²) in [7, 11) is 0. The second-order valence-electron chi connectivity index (χ2n) is 15.6. The molecule has 0 unspecified atom stereocenters. The molecule has 13 rings (SSSR count). The lowest BCUT2D eigenvalue weighted by Gasteiger charge is -2.13. The summed E-state index contributed by atoms with van der Waals surface area (Å²) in [5.74, 6) is 1.83. The van der Waals surface area contributed by atoms with Crippen LogP contribution in [0.3, 0.4) is 0 Å². The molecule has 3 heterocycles. The molecule has 0 saturated carbocycles. The van der Waals surface area contributed by atoms with E-state index in [1.165, 1.54) is 48.7 Å². The zero-order valence-corrected chi connectivity index (χ0v) is 32.2. The third-order valence-electron chi connectivity index (χ3n) is 12.2. The second kappa shape index (κ2) is 12.7. The Hall–Kier alpha value is -8.15. The van der Waals surface area contributed by atoms with Crippen molar-refractivity contribution in [2.45, 2.75) is 0 Å². The first-order chi connectivity index (χ1) is 29.7. The van der Waals surface area contributed by atoms with Crippen LogP contribution in [-0.2, 0) is 0 Å². The maximum absolute atomic E-state index is 6.69. The topological polar surface area (TPSA) is 56.7 Å². The molecule has 0 spiro atoms. The Balaban J connectivity index is 1.09. The summed E-state index contributed by atoms with van der Waals surface area (Å²) in [6.07, 6.45) is 0. The molecule has 0 atom stereocenters. The Morgan fingerprint density at radius 3 is 1.60 bits per heavy atom. The Morgan fingerprint density at radius 2 is 0.900 bits per heavy atom. The summed E-state index contributed by atoms with van der Waals surface area (Å²) in [5.41, 5.74) is 7.79. The Kier molecular flexibility index (Phi) is 6.95. The van der Waals surface area contributed by atoms with E-state index >= 15 is 0 Å². The maximum Gasteiger partial charge on any atom is 0.164 e. The van der Waals surface area contributed by atoms with Crippen LogP contribution in [0.15, 0.2) is 199 Å². The number of benzene rings is 10. The van der Waals surface area contributed by atoms with Gasteiger partial charge in [0.15, 0.2) is 17.5 Å². The highest BCUT2D eigenvalue weighted by molar-refractivity contribution is 6.24. The molecule has 0 radical (unpaired) electrons. The van der Waals surface area contributed by atoms with Crippen molar-refractivity contribution in [2.75, 3.05) is 0 Å². The first kappa shape index (κ1) is 32.9. The van der Waals surface area contributed by atoms with Crippen molar-refractivity contribution < 1.29 is 4.42 Å². The number of hydrogen-bond acceptors (Lipinski definition) is 4. The zero-order valence-electron chi connectivity index (χ0n) is 32.2. The fourth-order valence-electron chi connectivity index (χ4n) is 9.36. The van der Waals surface area contributed by atoms with E-state index in [1.807, 2.05) is 42.5 Å². The predicted octanol–water partition coefficient (Wildman–Crippen LogP) is 14.5. The molecule has 0 bridgehead atoms. The zero-order chi connectivity index (χ0) is 39.3. The molecule has 0 N–H and O–H groups in total. The van der Waals surface area contributed by atoms with Gasteiger partial charge in [-0.25, -0.2) is 15.0 Å². The molecule has 5 heteroatoms. The Morgan fingerprint density at radius 1 is 0.333 bits per heavy atom. The lowest BCUT2D eigenvalue weighted by Crippen LogP contribution is -2.00. The lowest BCUT2D eigenvalue weighted by atomic mass is 9.99. The van der Waals surface area contributed by atoms with Crippen molar-refractivity contribution in [3.05, 3.63) is 194 Å². The van der Waals surface area contributed by atoms with Crippen LogP contribution in [0.2, 0.25) is 0 Å². The molecule has 3 aromatic heterocycles. The van der Waals surface area contributed by atoms with Gasteiger partial charge in [-0.2, -0.15) is 0 Å². The number of aromatic nitrogens is 4. The van der Waals surface area contributed by atoms with Crippen molar-refractivity contribution in [2.24, 2.45) is 0 Å². The molecule has 0 saturated heterocycles. The Labute approximate surface area is 343 Å². The highest BCUT2D eigenvalue weighted by atomic mass is 16.3. The fourth-order valence-corrected chi connectivity index (χ4v) is 9.36. The summed E-state index contributed by atoms with van der Waals surface area (Å²) in [6, 6.07) is 68.7. The van der Waals surface area contributed by atoms with Crippen LogP contribution in [0.25, 0.3) is 127 Å². The van der Waals surface area contributed by atoms with E-state index < -0.39 is 0 Å². The van der Waals surface area contributed by atoms with Crippen molar-refractivity contribution >= 4 is 86.8 Å². The maximum atomic E-state index is 6.69. The summed E-state index contributed by atoms with van der Waals surface area (Å²) in [5, 5.41) is 13.9. The van der Waals surface area contributed by atoms with E-state index in [-0.39, 0.29) is 0 Å². The van der Waals surface area contributed by atoms with Crippen LogP contribution in [0.1, 0.15) is 0 Å². The third-order valence-corrected chi connectivity index (χ3v) is 12.2. The van der Waals surface area contributed by atoms with Gasteiger partial charge in [0.25, 0.3) is 0 Å². The SMILES string of the molecule is c1ccc(-c2nc(-c3ccc4ccccc4c3)nc(-c3cccc4oc5ccc6c(-n7c8cc9ccccc9cc8c8cc9ccccc9cc87)cccc6c5c34)n2)cc1. The average Bonchev–Trinajstić information content (AvgIpc) is 3.85. The first-order valence-corrected chi connectivity index (χ1v) is 20.3. The largest absolute Gasteiger partial charge is 0.456 e. The molecule has 60 heavy (non-hydrogen) atoms. The van der Waals surface area contributed by atoms with E-state index in [2.05, 4.69) is 156 Å².